The van der Waals surface area contributed by atoms with Crippen molar-refractivity contribution in [1.82, 2.24) is 15.0 Å². The Balaban J connectivity index is 1.45. The van der Waals surface area contributed by atoms with E-state index in [2.05, 4.69) is 15.0 Å². The number of likely N-dealkylation sites (tertiary alicyclic amines) is 1. The van der Waals surface area contributed by atoms with Gasteiger partial charge >= 0.3 is 0 Å². The van der Waals surface area contributed by atoms with E-state index >= 15 is 0 Å². The average molecular weight is 293 g/mol. The lowest BCUT2D eigenvalue weighted by molar-refractivity contribution is 0.0263. The summed E-state index contributed by atoms with van der Waals surface area (Å²) in [6.07, 6.45) is 10.7. The molecule has 0 N–H and O–H groups in total. The van der Waals surface area contributed by atoms with E-state index in [0.717, 1.165) is 31.9 Å². The van der Waals surface area contributed by atoms with E-state index in [1.807, 2.05) is 6.92 Å². The molecule has 1 aliphatic carbocycles. The number of hydrogen-bond acceptors (Lipinski definition) is 5. The fourth-order valence-corrected chi connectivity index (χ4v) is 3.58. The van der Waals surface area contributed by atoms with Crippen LogP contribution in [0.1, 0.15) is 69.1 Å². The molecular formula is C16H27N3O2. The molecular weight excluding hydrogens is 266 g/mol. The summed E-state index contributed by atoms with van der Waals surface area (Å²) in [6, 6.07) is 0.320. The van der Waals surface area contributed by atoms with E-state index in [-0.39, 0.29) is 0 Å². The van der Waals surface area contributed by atoms with Gasteiger partial charge in [0.15, 0.2) is 5.82 Å². The SMILES string of the molecule is Cc1nc(C2CCCN2CCOC2CCCCCC2)no1. The van der Waals surface area contributed by atoms with Crippen LogP contribution in [0.15, 0.2) is 4.52 Å². The van der Waals surface area contributed by atoms with Gasteiger partial charge in [-0.3, -0.25) is 4.90 Å². The first-order valence-electron chi connectivity index (χ1n) is 8.49. The van der Waals surface area contributed by atoms with Gasteiger partial charge in [-0.2, -0.15) is 4.98 Å². The molecule has 0 spiro atoms. The number of aryl methyl sites for hydroxylation is 1. The lowest BCUT2D eigenvalue weighted by Gasteiger charge is -2.23. The van der Waals surface area contributed by atoms with E-state index in [1.165, 1.54) is 44.9 Å². The van der Waals surface area contributed by atoms with Crippen LogP contribution in [0.25, 0.3) is 0 Å². The highest BCUT2D eigenvalue weighted by Crippen LogP contribution is 2.29. The number of rotatable bonds is 5. The highest BCUT2D eigenvalue weighted by Gasteiger charge is 2.29. The molecule has 118 valence electrons. The Hall–Kier alpha value is -0.940. The maximum atomic E-state index is 6.11. The smallest absolute Gasteiger partial charge is 0.223 e. The van der Waals surface area contributed by atoms with Gasteiger partial charge in [-0.15, -0.1) is 0 Å². The summed E-state index contributed by atoms with van der Waals surface area (Å²) in [6.45, 7) is 4.78. The van der Waals surface area contributed by atoms with Crippen molar-refractivity contribution in [3.63, 3.8) is 0 Å². The number of nitrogens with zero attached hydrogens (tertiary/aromatic N) is 3. The molecule has 0 aromatic carbocycles. The third kappa shape index (κ3) is 4.04. The van der Waals surface area contributed by atoms with Gasteiger partial charge in [-0.05, 0) is 32.2 Å². The van der Waals surface area contributed by atoms with Crippen molar-refractivity contribution < 1.29 is 9.26 Å². The molecule has 2 heterocycles. The predicted molar refractivity (Wildman–Crippen MR) is 80.0 cm³/mol. The summed E-state index contributed by atoms with van der Waals surface area (Å²) >= 11 is 0. The maximum absolute atomic E-state index is 6.11. The van der Waals surface area contributed by atoms with Crippen molar-refractivity contribution in [3.8, 4) is 0 Å². The molecule has 1 saturated carbocycles. The normalized spacial score (nSPS) is 25.3. The van der Waals surface area contributed by atoms with E-state index < -0.39 is 0 Å². The zero-order valence-electron chi connectivity index (χ0n) is 13.1. The van der Waals surface area contributed by atoms with Crippen LogP contribution in [-0.4, -0.2) is 40.8 Å². The summed E-state index contributed by atoms with van der Waals surface area (Å²) in [7, 11) is 0. The molecule has 5 heteroatoms. The number of ether oxygens (including phenoxy) is 1. The second-order valence-corrected chi connectivity index (χ2v) is 6.35. The van der Waals surface area contributed by atoms with E-state index in [1.54, 1.807) is 0 Å². The first kappa shape index (κ1) is 15.0. The Bertz CT molecular complexity index is 427. The fraction of sp³-hybridized carbons (Fsp3) is 0.875. The Morgan fingerprint density at radius 1 is 1.14 bits per heavy atom. The maximum Gasteiger partial charge on any atom is 0.223 e. The molecule has 1 aromatic rings. The van der Waals surface area contributed by atoms with Crippen LogP contribution in [0.5, 0.6) is 0 Å². The molecule has 1 aromatic heterocycles. The Labute approximate surface area is 127 Å². The molecule has 3 rings (SSSR count). The third-order valence-corrected chi connectivity index (χ3v) is 4.74. The largest absolute Gasteiger partial charge is 0.377 e. The zero-order chi connectivity index (χ0) is 14.5. The summed E-state index contributed by atoms with van der Waals surface area (Å²) in [5.74, 6) is 1.51. The number of hydrogen-bond donors (Lipinski definition) is 0. The minimum absolute atomic E-state index is 0.320. The predicted octanol–water partition coefficient (Wildman–Crippen LogP) is 3.25. The van der Waals surface area contributed by atoms with Gasteiger partial charge in [0.25, 0.3) is 0 Å². The summed E-state index contributed by atoms with van der Waals surface area (Å²) < 4.78 is 11.2. The standard InChI is InChI=1S/C16H27N3O2/c1-13-17-16(18-21-13)15-9-6-10-19(15)11-12-20-14-7-4-2-3-5-8-14/h14-15H,2-12H2,1H3. The van der Waals surface area contributed by atoms with Gasteiger partial charge in [0.1, 0.15) is 0 Å². The van der Waals surface area contributed by atoms with Crippen LogP contribution in [0.4, 0.5) is 0 Å². The fourth-order valence-electron chi connectivity index (χ4n) is 3.58. The van der Waals surface area contributed by atoms with Gasteiger partial charge in [0.2, 0.25) is 5.89 Å². The minimum atomic E-state index is 0.320. The lowest BCUT2D eigenvalue weighted by Crippen LogP contribution is -2.29. The van der Waals surface area contributed by atoms with Crippen LogP contribution in [0.3, 0.4) is 0 Å². The second-order valence-electron chi connectivity index (χ2n) is 6.35. The molecule has 1 aliphatic heterocycles. The molecule has 21 heavy (non-hydrogen) atoms. The highest BCUT2D eigenvalue weighted by molar-refractivity contribution is 4.97. The molecule has 5 nitrogen and oxygen atoms in total. The summed E-state index contributed by atoms with van der Waals surface area (Å²) in [5.41, 5.74) is 0. The summed E-state index contributed by atoms with van der Waals surface area (Å²) in [4.78, 5) is 6.84. The second kappa shape index (κ2) is 7.36. The highest BCUT2D eigenvalue weighted by atomic mass is 16.5. The molecule has 1 saturated heterocycles. The van der Waals surface area contributed by atoms with Gasteiger partial charge in [-0.1, -0.05) is 30.8 Å². The van der Waals surface area contributed by atoms with E-state index in [4.69, 9.17) is 9.26 Å². The zero-order valence-corrected chi connectivity index (χ0v) is 13.1. The Morgan fingerprint density at radius 3 is 2.67 bits per heavy atom. The molecule has 2 fully saturated rings. The topological polar surface area (TPSA) is 51.4 Å². The third-order valence-electron chi connectivity index (χ3n) is 4.74. The number of aromatic nitrogens is 2. The summed E-state index contributed by atoms with van der Waals surface area (Å²) in [5, 5.41) is 4.09. The van der Waals surface area contributed by atoms with Crippen LogP contribution >= 0.6 is 0 Å². The van der Waals surface area contributed by atoms with Gasteiger partial charge < -0.3 is 9.26 Å². The molecule has 1 atom stereocenters. The van der Waals surface area contributed by atoms with Crippen molar-refractivity contribution in [2.75, 3.05) is 19.7 Å². The van der Waals surface area contributed by atoms with Crippen molar-refractivity contribution in [2.45, 2.75) is 70.4 Å². The molecule has 0 radical (unpaired) electrons. The van der Waals surface area contributed by atoms with Gasteiger partial charge in [0.05, 0.1) is 18.8 Å². The van der Waals surface area contributed by atoms with Gasteiger partial charge in [0, 0.05) is 13.5 Å². The monoisotopic (exact) mass is 293 g/mol. The van der Waals surface area contributed by atoms with Crippen LogP contribution in [0.2, 0.25) is 0 Å². The molecule has 0 amide bonds. The van der Waals surface area contributed by atoms with Crippen molar-refractivity contribution in [3.05, 3.63) is 11.7 Å². The van der Waals surface area contributed by atoms with Crippen molar-refractivity contribution in [2.24, 2.45) is 0 Å². The van der Waals surface area contributed by atoms with Crippen LogP contribution in [-0.2, 0) is 4.74 Å². The van der Waals surface area contributed by atoms with Gasteiger partial charge in [-0.25, -0.2) is 0 Å². The van der Waals surface area contributed by atoms with E-state index in [9.17, 15) is 0 Å². The lowest BCUT2D eigenvalue weighted by atomic mass is 10.1. The Kier molecular flexibility index (Phi) is 5.25. The van der Waals surface area contributed by atoms with Crippen LogP contribution in [0, 0.1) is 6.92 Å². The molecule has 0 bridgehead atoms. The van der Waals surface area contributed by atoms with E-state index in [0.29, 0.717) is 18.0 Å². The average Bonchev–Trinajstić information content (AvgIpc) is 3.02. The first-order valence-corrected chi connectivity index (χ1v) is 8.49. The van der Waals surface area contributed by atoms with Crippen molar-refractivity contribution >= 4 is 0 Å². The first-order chi connectivity index (χ1) is 10.3. The molecule has 1 unspecified atom stereocenters. The quantitative estimate of drug-likeness (QED) is 0.780. The Morgan fingerprint density at radius 2 is 1.95 bits per heavy atom. The minimum Gasteiger partial charge on any atom is -0.377 e. The molecule has 2 aliphatic rings. The van der Waals surface area contributed by atoms with Crippen molar-refractivity contribution in [1.29, 1.82) is 0 Å². The van der Waals surface area contributed by atoms with Crippen LogP contribution < -0.4 is 0 Å².